The molecule has 2 aromatic rings. The van der Waals surface area contributed by atoms with Gasteiger partial charge in [0.25, 0.3) is 0 Å². The highest BCUT2D eigenvalue weighted by Crippen LogP contribution is 2.25. The standard InChI is InChI=1S/C16H15Cl2N3O2S/c17-13-7-6-11(10-14(13)18)20-16(24)21(15(19)22)8-9-23-12-4-2-1-3-5-12/h1-7,10H,8-9H2,(H2,19,22)(H,20,24). The molecule has 0 aliphatic carbocycles. The van der Waals surface area contributed by atoms with E-state index in [4.69, 9.17) is 45.9 Å². The van der Waals surface area contributed by atoms with Gasteiger partial charge in [0.05, 0.1) is 16.6 Å². The van der Waals surface area contributed by atoms with Crippen LogP contribution in [-0.4, -0.2) is 29.2 Å². The summed E-state index contributed by atoms with van der Waals surface area (Å²) in [4.78, 5) is 12.8. The van der Waals surface area contributed by atoms with E-state index in [1.807, 2.05) is 30.3 Å². The summed E-state index contributed by atoms with van der Waals surface area (Å²) in [6, 6.07) is 13.5. The number of urea groups is 1. The first-order valence-corrected chi connectivity index (χ1v) is 8.14. The van der Waals surface area contributed by atoms with Crippen LogP contribution in [0.3, 0.4) is 0 Å². The number of hydrogen-bond donors (Lipinski definition) is 2. The molecular weight excluding hydrogens is 369 g/mol. The second-order valence-corrected chi connectivity index (χ2v) is 5.91. The topological polar surface area (TPSA) is 67.6 Å². The van der Waals surface area contributed by atoms with Gasteiger partial charge in [-0.1, -0.05) is 41.4 Å². The number of rotatable bonds is 5. The van der Waals surface area contributed by atoms with Gasteiger partial charge in [0.1, 0.15) is 12.4 Å². The average Bonchev–Trinajstić information content (AvgIpc) is 2.55. The highest BCUT2D eigenvalue weighted by molar-refractivity contribution is 7.80. The zero-order valence-corrected chi connectivity index (χ0v) is 14.9. The Morgan fingerprint density at radius 1 is 1.17 bits per heavy atom. The van der Waals surface area contributed by atoms with Crippen LogP contribution in [0.1, 0.15) is 0 Å². The lowest BCUT2D eigenvalue weighted by Crippen LogP contribution is -2.45. The van der Waals surface area contributed by atoms with Crippen molar-refractivity contribution in [2.75, 3.05) is 18.5 Å². The van der Waals surface area contributed by atoms with E-state index in [0.29, 0.717) is 21.5 Å². The van der Waals surface area contributed by atoms with Gasteiger partial charge in [-0.25, -0.2) is 4.79 Å². The Morgan fingerprint density at radius 3 is 2.50 bits per heavy atom. The number of nitrogens with two attached hydrogens (primary N) is 1. The Labute approximate surface area is 155 Å². The van der Waals surface area contributed by atoms with Gasteiger partial charge in [0.15, 0.2) is 5.11 Å². The summed E-state index contributed by atoms with van der Waals surface area (Å²) < 4.78 is 5.55. The molecule has 8 heteroatoms. The van der Waals surface area contributed by atoms with E-state index >= 15 is 0 Å². The maximum absolute atomic E-state index is 11.6. The molecule has 0 unspecified atom stereocenters. The maximum atomic E-state index is 11.6. The van der Waals surface area contributed by atoms with Gasteiger partial charge in [0.2, 0.25) is 0 Å². The minimum atomic E-state index is -0.677. The zero-order chi connectivity index (χ0) is 17.5. The molecule has 0 aliphatic heterocycles. The number of para-hydroxylation sites is 1. The van der Waals surface area contributed by atoms with E-state index < -0.39 is 6.03 Å². The van der Waals surface area contributed by atoms with Crippen LogP contribution in [0.2, 0.25) is 10.0 Å². The third-order valence-electron chi connectivity index (χ3n) is 3.01. The molecule has 5 nitrogen and oxygen atoms in total. The quantitative estimate of drug-likeness (QED) is 0.760. The molecule has 0 atom stereocenters. The van der Waals surface area contributed by atoms with Crippen molar-refractivity contribution in [1.29, 1.82) is 0 Å². The van der Waals surface area contributed by atoms with Crippen LogP contribution in [0.25, 0.3) is 0 Å². The molecule has 0 radical (unpaired) electrons. The van der Waals surface area contributed by atoms with Crippen molar-refractivity contribution in [3.8, 4) is 5.75 Å². The number of anilines is 1. The Bertz CT molecular complexity index is 729. The van der Waals surface area contributed by atoms with E-state index in [0.717, 1.165) is 0 Å². The third kappa shape index (κ3) is 5.26. The molecule has 24 heavy (non-hydrogen) atoms. The molecule has 0 spiro atoms. The van der Waals surface area contributed by atoms with Crippen molar-refractivity contribution in [3.05, 3.63) is 58.6 Å². The summed E-state index contributed by atoms with van der Waals surface area (Å²) in [6.45, 7) is 0.452. The molecule has 126 valence electrons. The summed E-state index contributed by atoms with van der Waals surface area (Å²) in [5.41, 5.74) is 5.98. The molecule has 2 rings (SSSR count). The van der Waals surface area contributed by atoms with Crippen molar-refractivity contribution < 1.29 is 9.53 Å². The van der Waals surface area contributed by atoms with Crippen molar-refractivity contribution in [3.63, 3.8) is 0 Å². The Hall–Kier alpha value is -2.02. The lowest BCUT2D eigenvalue weighted by Gasteiger charge is -2.22. The van der Waals surface area contributed by atoms with Gasteiger partial charge in [0, 0.05) is 5.69 Å². The van der Waals surface area contributed by atoms with Gasteiger partial charge in [-0.15, -0.1) is 0 Å². The normalized spacial score (nSPS) is 10.1. The van der Waals surface area contributed by atoms with Crippen molar-refractivity contribution in [2.45, 2.75) is 0 Å². The fourth-order valence-electron chi connectivity index (χ4n) is 1.85. The largest absolute Gasteiger partial charge is 0.492 e. The van der Waals surface area contributed by atoms with Crippen LogP contribution in [0.4, 0.5) is 10.5 Å². The highest BCUT2D eigenvalue weighted by Gasteiger charge is 2.16. The predicted octanol–water partition coefficient (Wildman–Crippen LogP) is 4.15. The van der Waals surface area contributed by atoms with Crippen LogP contribution in [0.15, 0.2) is 48.5 Å². The van der Waals surface area contributed by atoms with Gasteiger partial charge >= 0.3 is 6.03 Å². The van der Waals surface area contributed by atoms with Crippen molar-refractivity contribution >= 4 is 52.3 Å². The summed E-state index contributed by atoms with van der Waals surface area (Å²) in [6.07, 6.45) is 0. The fourth-order valence-corrected chi connectivity index (χ4v) is 2.45. The van der Waals surface area contributed by atoms with E-state index in [1.54, 1.807) is 18.2 Å². The summed E-state index contributed by atoms with van der Waals surface area (Å²) in [5.74, 6) is 0.699. The zero-order valence-electron chi connectivity index (χ0n) is 12.5. The van der Waals surface area contributed by atoms with Gasteiger partial charge < -0.3 is 15.8 Å². The minimum Gasteiger partial charge on any atom is -0.492 e. The smallest absolute Gasteiger partial charge is 0.321 e. The first-order chi connectivity index (χ1) is 11.5. The summed E-state index contributed by atoms with van der Waals surface area (Å²) in [7, 11) is 0. The van der Waals surface area contributed by atoms with Gasteiger partial charge in [-0.2, -0.15) is 0 Å². The molecule has 3 N–H and O–H groups in total. The SMILES string of the molecule is NC(=O)N(CCOc1ccccc1)C(=S)Nc1ccc(Cl)c(Cl)c1. The third-order valence-corrected chi connectivity index (χ3v) is 4.07. The first-order valence-electron chi connectivity index (χ1n) is 6.98. The number of ether oxygens (including phenoxy) is 1. The van der Waals surface area contributed by atoms with E-state index in [-0.39, 0.29) is 18.3 Å². The van der Waals surface area contributed by atoms with Crippen molar-refractivity contribution in [2.24, 2.45) is 5.73 Å². The molecule has 0 heterocycles. The number of hydrogen-bond acceptors (Lipinski definition) is 3. The number of thiocarbonyl (C=S) groups is 1. The van der Waals surface area contributed by atoms with Crippen LogP contribution >= 0.6 is 35.4 Å². The Kier molecular flexibility index (Phi) is 6.66. The molecular formula is C16H15Cl2N3O2S. The number of carbonyl (C=O) groups is 1. The lowest BCUT2D eigenvalue weighted by atomic mass is 10.3. The first kappa shape index (κ1) is 18.3. The second-order valence-electron chi connectivity index (χ2n) is 4.71. The summed E-state index contributed by atoms with van der Waals surface area (Å²) in [5, 5.41) is 3.85. The number of halogens is 2. The number of nitrogens with zero attached hydrogens (tertiary/aromatic N) is 1. The van der Waals surface area contributed by atoms with Crippen LogP contribution < -0.4 is 15.8 Å². The molecule has 0 aliphatic rings. The van der Waals surface area contributed by atoms with Crippen molar-refractivity contribution in [1.82, 2.24) is 4.90 Å². The summed E-state index contributed by atoms with van der Waals surface area (Å²) >= 11 is 17.0. The number of amides is 2. The number of carbonyl (C=O) groups excluding carboxylic acids is 1. The number of benzene rings is 2. The van der Waals surface area contributed by atoms with Crippen LogP contribution in [0.5, 0.6) is 5.75 Å². The molecule has 0 saturated heterocycles. The van der Waals surface area contributed by atoms with E-state index in [2.05, 4.69) is 5.32 Å². The molecule has 0 bridgehead atoms. The Morgan fingerprint density at radius 2 is 1.88 bits per heavy atom. The molecule has 2 aromatic carbocycles. The van der Waals surface area contributed by atoms with Gasteiger partial charge in [-0.05, 0) is 42.5 Å². The van der Waals surface area contributed by atoms with E-state index in [1.165, 1.54) is 4.90 Å². The number of nitrogens with one attached hydrogen (secondary N) is 1. The maximum Gasteiger partial charge on any atom is 0.321 e. The highest BCUT2D eigenvalue weighted by atomic mass is 35.5. The monoisotopic (exact) mass is 383 g/mol. The minimum absolute atomic E-state index is 0.151. The number of primary amides is 1. The average molecular weight is 384 g/mol. The van der Waals surface area contributed by atoms with Crippen LogP contribution in [-0.2, 0) is 0 Å². The second kappa shape index (κ2) is 8.73. The molecule has 0 aromatic heterocycles. The van der Waals surface area contributed by atoms with Crippen LogP contribution in [0, 0.1) is 0 Å². The molecule has 0 fully saturated rings. The fraction of sp³-hybridized carbons (Fsp3) is 0.125. The molecule has 2 amide bonds. The predicted molar refractivity (Wildman–Crippen MR) is 101 cm³/mol. The lowest BCUT2D eigenvalue weighted by molar-refractivity contribution is 0.219. The Balaban J connectivity index is 1.94. The van der Waals surface area contributed by atoms with Gasteiger partial charge in [-0.3, -0.25) is 4.90 Å². The van der Waals surface area contributed by atoms with E-state index in [9.17, 15) is 4.79 Å². The molecule has 0 saturated carbocycles.